The Bertz CT molecular complexity index is 681. The van der Waals surface area contributed by atoms with Gasteiger partial charge in [-0.3, -0.25) is 14.9 Å². The second kappa shape index (κ2) is 6.11. The molecule has 0 unspecified atom stereocenters. The Balaban J connectivity index is 1.99. The van der Waals surface area contributed by atoms with Crippen molar-refractivity contribution in [3.63, 3.8) is 0 Å². The van der Waals surface area contributed by atoms with E-state index in [0.717, 1.165) is 4.47 Å². The highest BCUT2D eigenvalue weighted by Crippen LogP contribution is 2.14. The first-order valence-corrected chi connectivity index (χ1v) is 6.19. The molecule has 0 fully saturated rings. The number of halogens is 1. The number of furan rings is 1. The summed E-state index contributed by atoms with van der Waals surface area (Å²) >= 11 is 3.25. The van der Waals surface area contributed by atoms with E-state index in [1.807, 2.05) is 0 Å². The second-order valence-electron chi connectivity index (χ2n) is 3.64. The van der Waals surface area contributed by atoms with E-state index in [-0.39, 0.29) is 11.6 Å². The lowest BCUT2D eigenvalue weighted by Crippen LogP contribution is -2.17. The zero-order valence-corrected chi connectivity index (χ0v) is 11.5. The van der Waals surface area contributed by atoms with Gasteiger partial charge in [-0.15, -0.1) is 0 Å². The summed E-state index contributed by atoms with van der Waals surface area (Å²) in [6.45, 7) is 0. The van der Waals surface area contributed by atoms with Crippen molar-refractivity contribution < 1.29 is 14.1 Å². The van der Waals surface area contributed by atoms with Gasteiger partial charge in [-0.05, 0) is 24.3 Å². The quantitative estimate of drug-likeness (QED) is 0.526. The van der Waals surface area contributed by atoms with Gasteiger partial charge >= 0.3 is 5.88 Å². The molecular weight excluding hydrogens is 330 g/mol. The number of rotatable bonds is 4. The highest BCUT2D eigenvalue weighted by Gasteiger charge is 2.10. The van der Waals surface area contributed by atoms with Gasteiger partial charge in [0.25, 0.3) is 5.91 Å². The van der Waals surface area contributed by atoms with E-state index in [2.05, 4.69) is 26.5 Å². The van der Waals surface area contributed by atoms with E-state index in [9.17, 15) is 14.9 Å². The Kier molecular flexibility index (Phi) is 4.26. The fraction of sp³-hybridized carbons (Fsp3) is 0. The molecule has 0 aliphatic carbocycles. The maximum absolute atomic E-state index is 11.7. The summed E-state index contributed by atoms with van der Waals surface area (Å²) in [6.07, 6.45) is 1.18. The minimum atomic E-state index is -0.655. The minimum absolute atomic E-state index is 0.172. The number of benzene rings is 1. The van der Waals surface area contributed by atoms with Crippen molar-refractivity contribution in [3.05, 3.63) is 62.3 Å². The van der Waals surface area contributed by atoms with Gasteiger partial charge in [-0.1, -0.05) is 22.0 Å². The lowest BCUT2D eigenvalue weighted by Gasteiger charge is -1.99. The van der Waals surface area contributed by atoms with Crippen LogP contribution in [0.15, 0.2) is 50.4 Å². The molecule has 1 aromatic heterocycles. The molecule has 0 saturated heterocycles. The predicted octanol–water partition coefficient (Wildman–Crippen LogP) is 2.71. The molecule has 0 radical (unpaired) electrons. The molecule has 0 spiro atoms. The van der Waals surface area contributed by atoms with E-state index in [1.165, 1.54) is 18.3 Å². The predicted molar refractivity (Wildman–Crippen MR) is 74.6 cm³/mol. The smallest absolute Gasteiger partial charge is 0.400 e. The zero-order valence-electron chi connectivity index (χ0n) is 9.95. The molecule has 20 heavy (non-hydrogen) atoms. The van der Waals surface area contributed by atoms with Gasteiger partial charge in [-0.25, -0.2) is 5.43 Å². The Morgan fingerprint density at radius 2 is 2.20 bits per heavy atom. The van der Waals surface area contributed by atoms with Crippen LogP contribution < -0.4 is 5.43 Å². The van der Waals surface area contributed by atoms with Gasteiger partial charge in [0.05, 0.1) is 12.3 Å². The normalized spacial score (nSPS) is 10.7. The number of hydrogen-bond acceptors (Lipinski definition) is 5. The number of hydrazone groups is 1. The molecule has 0 atom stereocenters. The summed E-state index contributed by atoms with van der Waals surface area (Å²) in [7, 11) is 0. The fourth-order valence-corrected chi connectivity index (χ4v) is 1.76. The molecule has 8 heteroatoms. The first-order valence-electron chi connectivity index (χ1n) is 5.39. The number of hydrogen-bond donors (Lipinski definition) is 1. The molecule has 0 saturated carbocycles. The van der Waals surface area contributed by atoms with Gasteiger partial charge in [0.15, 0.2) is 5.76 Å². The largest absolute Gasteiger partial charge is 0.433 e. The standard InChI is InChI=1S/C12H8BrN3O4/c13-9-3-1-2-8(6-9)12(17)15-14-7-10-4-5-11(20-10)16(18)19/h1-7H,(H,15,17). The molecule has 0 bridgehead atoms. The highest BCUT2D eigenvalue weighted by atomic mass is 79.9. The third kappa shape index (κ3) is 3.51. The van der Waals surface area contributed by atoms with Crippen LogP contribution in [0.1, 0.15) is 16.1 Å². The number of amides is 1. The first-order chi connectivity index (χ1) is 9.56. The molecule has 102 valence electrons. The third-order valence-corrected chi connectivity index (χ3v) is 2.73. The average Bonchev–Trinajstić information content (AvgIpc) is 2.87. The summed E-state index contributed by atoms with van der Waals surface area (Å²) < 4.78 is 5.62. The third-order valence-electron chi connectivity index (χ3n) is 2.24. The Labute approximate surface area is 121 Å². The monoisotopic (exact) mass is 337 g/mol. The van der Waals surface area contributed by atoms with Gasteiger partial charge in [0, 0.05) is 10.0 Å². The summed E-state index contributed by atoms with van der Waals surface area (Å²) in [5.74, 6) is -0.611. The van der Waals surface area contributed by atoms with Gasteiger partial charge < -0.3 is 4.42 Å². The van der Waals surface area contributed by atoms with Gasteiger partial charge in [0.2, 0.25) is 0 Å². The van der Waals surface area contributed by atoms with E-state index in [0.29, 0.717) is 5.56 Å². The van der Waals surface area contributed by atoms with Gasteiger partial charge in [0.1, 0.15) is 4.92 Å². The number of nitro groups is 1. The van der Waals surface area contributed by atoms with Crippen molar-refractivity contribution in [3.8, 4) is 0 Å². The molecule has 2 rings (SSSR count). The van der Waals surface area contributed by atoms with Crippen LogP contribution in [-0.2, 0) is 0 Å². The van der Waals surface area contributed by atoms with Crippen molar-refractivity contribution in [2.75, 3.05) is 0 Å². The zero-order chi connectivity index (χ0) is 14.5. The Morgan fingerprint density at radius 1 is 1.40 bits per heavy atom. The van der Waals surface area contributed by atoms with Crippen LogP contribution in [0.25, 0.3) is 0 Å². The Hall–Kier alpha value is -2.48. The molecule has 1 aromatic carbocycles. The second-order valence-corrected chi connectivity index (χ2v) is 4.56. The van der Waals surface area contributed by atoms with Crippen LogP contribution in [-0.4, -0.2) is 17.0 Å². The molecule has 0 aliphatic rings. The van der Waals surface area contributed by atoms with E-state index in [4.69, 9.17) is 4.42 Å². The molecule has 0 aliphatic heterocycles. The topological polar surface area (TPSA) is 97.7 Å². The molecule has 1 heterocycles. The molecular formula is C12H8BrN3O4. The number of carbonyl (C=O) groups excluding carboxylic acids is 1. The summed E-state index contributed by atoms with van der Waals surface area (Å²) in [4.78, 5) is 21.5. The summed E-state index contributed by atoms with van der Waals surface area (Å²) in [6, 6.07) is 9.38. The molecule has 7 nitrogen and oxygen atoms in total. The molecule has 1 N–H and O–H groups in total. The summed E-state index contributed by atoms with van der Waals surface area (Å²) in [5.41, 5.74) is 2.73. The van der Waals surface area contributed by atoms with Crippen LogP contribution in [0.3, 0.4) is 0 Å². The SMILES string of the molecule is O=C(NN=Cc1ccc([N+](=O)[O-])o1)c1cccc(Br)c1. The van der Waals surface area contributed by atoms with E-state index in [1.54, 1.807) is 24.3 Å². The van der Waals surface area contributed by atoms with Crippen LogP contribution in [0.5, 0.6) is 0 Å². The van der Waals surface area contributed by atoms with Crippen molar-refractivity contribution in [1.29, 1.82) is 0 Å². The van der Waals surface area contributed by atoms with Crippen molar-refractivity contribution >= 4 is 33.9 Å². The lowest BCUT2D eigenvalue weighted by atomic mass is 10.2. The van der Waals surface area contributed by atoms with Crippen molar-refractivity contribution in [2.45, 2.75) is 0 Å². The van der Waals surface area contributed by atoms with Crippen LogP contribution in [0.2, 0.25) is 0 Å². The molecule has 2 aromatic rings. The maximum Gasteiger partial charge on any atom is 0.433 e. The minimum Gasteiger partial charge on any atom is -0.400 e. The average molecular weight is 338 g/mol. The first kappa shape index (κ1) is 13.9. The maximum atomic E-state index is 11.7. The van der Waals surface area contributed by atoms with Crippen LogP contribution in [0, 0.1) is 10.1 Å². The fourth-order valence-electron chi connectivity index (χ4n) is 1.36. The van der Waals surface area contributed by atoms with Crippen molar-refractivity contribution in [1.82, 2.24) is 5.43 Å². The van der Waals surface area contributed by atoms with E-state index >= 15 is 0 Å². The highest BCUT2D eigenvalue weighted by molar-refractivity contribution is 9.10. The number of carbonyl (C=O) groups is 1. The van der Waals surface area contributed by atoms with Gasteiger partial charge in [-0.2, -0.15) is 5.10 Å². The summed E-state index contributed by atoms with van der Waals surface area (Å²) in [5, 5.41) is 14.1. The number of nitrogens with one attached hydrogen (secondary N) is 1. The Morgan fingerprint density at radius 3 is 2.85 bits per heavy atom. The van der Waals surface area contributed by atoms with E-state index < -0.39 is 10.8 Å². The van der Waals surface area contributed by atoms with Crippen molar-refractivity contribution in [2.24, 2.45) is 5.10 Å². The lowest BCUT2D eigenvalue weighted by molar-refractivity contribution is -0.402. The number of nitrogens with zero attached hydrogens (tertiary/aromatic N) is 2. The molecule has 1 amide bonds. The van der Waals surface area contributed by atoms with Crippen LogP contribution >= 0.6 is 15.9 Å². The van der Waals surface area contributed by atoms with Crippen LogP contribution in [0.4, 0.5) is 5.88 Å².